The molecule has 3 aromatic carbocycles. The fraction of sp³-hybridized carbons (Fsp3) is 0.174. The second-order valence-corrected chi connectivity index (χ2v) is 7.51. The Balaban J connectivity index is 1.55. The van der Waals surface area contributed by atoms with Crippen LogP contribution in [-0.4, -0.2) is 17.8 Å². The van der Waals surface area contributed by atoms with E-state index in [0.29, 0.717) is 36.0 Å². The van der Waals surface area contributed by atoms with Crippen LogP contribution in [0.1, 0.15) is 16.7 Å². The number of nitrogens with zero attached hydrogens (tertiary/aromatic N) is 1. The molecule has 8 heteroatoms. The molecule has 0 unspecified atom stereocenters. The summed E-state index contributed by atoms with van der Waals surface area (Å²) in [5.41, 5.74) is 2.72. The van der Waals surface area contributed by atoms with Crippen molar-refractivity contribution in [1.29, 1.82) is 0 Å². The van der Waals surface area contributed by atoms with Gasteiger partial charge in [0, 0.05) is 46.6 Å². The molecule has 0 radical (unpaired) electrons. The fourth-order valence-electron chi connectivity index (χ4n) is 3.63. The van der Waals surface area contributed by atoms with E-state index in [1.54, 1.807) is 30.3 Å². The first-order chi connectivity index (χ1) is 14.9. The van der Waals surface area contributed by atoms with E-state index in [1.165, 1.54) is 12.1 Å². The molecule has 1 heterocycles. The van der Waals surface area contributed by atoms with Crippen LogP contribution in [0, 0.1) is 11.6 Å². The van der Waals surface area contributed by atoms with Gasteiger partial charge in [-0.3, -0.25) is 0 Å². The van der Waals surface area contributed by atoms with Crippen LogP contribution in [0.15, 0.2) is 54.6 Å². The molecular weight excluding hydrogens is 428 g/mol. The summed E-state index contributed by atoms with van der Waals surface area (Å²) in [4.78, 5) is 13.0. The number of carbonyl (C=O) groups is 1. The molecule has 1 aliphatic heterocycles. The van der Waals surface area contributed by atoms with Crippen LogP contribution < -0.4 is 14.4 Å². The minimum Gasteiger partial charge on any atom is -0.488 e. The van der Waals surface area contributed by atoms with Crippen LogP contribution in [0.3, 0.4) is 0 Å². The molecule has 31 heavy (non-hydrogen) atoms. The van der Waals surface area contributed by atoms with Gasteiger partial charge in [-0.1, -0.05) is 17.7 Å². The third-order valence-corrected chi connectivity index (χ3v) is 5.30. The Labute approximate surface area is 182 Å². The number of benzene rings is 3. The zero-order valence-electron chi connectivity index (χ0n) is 16.3. The Hall–Kier alpha value is -3.32. The van der Waals surface area contributed by atoms with Gasteiger partial charge in [0.15, 0.2) is 0 Å². The minimum atomic E-state index is -1.36. The first kappa shape index (κ1) is 20.9. The van der Waals surface area contributed by atoms with Gasteiger partial charge in [-0.15, -0.1) is 0 Å². The highest BCUT2D eigenvalue weighted by Crippen LogP contribution is 2.37. The van der Waals surface area contributed by atoms with Crippen molar-refractivity contribution in [1.82, 2.24) is 0 Å². The molecule has 0 fully saturated rings. The van der Waals surface area contributed by atoms with Gasteiger partial charge < -0.3 is 19.5 Å². The number of carboxylic acid groups (broad SMARTS) is 1. The van der Waals surface area contributed by atoms with E-state index in [2.05, 4.69) is 4.90 Å². The van der Waals surface area contributed by atoms with Gasteiger partial charge in [0.2, 0.25) is 0 Å². The average Bonchev–Trinajstić information content (AvgIpc) is 3.12. The Morgan fingerprint density at radius 2 is 1.90 bits per heavy atom. The highest BCUT2D eigenvalue weighted by Gasteiger charge is 2.24. The molecule has 0 amide bonds. The van der Waals surface area contributed by atoms with E-state index in [0.717, 1.165) is 22.9 Å². The molecule has 0 bridgehead atoms. The van der Waals surface area contributed by atoms with Crippen molar-refractivity contribution >= 4 is 23.4 Å². The Bertz CT molecular complexity index is 1140. The fourth-order valence-corrected chi connectivity index (χ4v) is 3.83. The lowest BCUT2D eigenvalue weighted by molar-refractivity contribution is 0.144. The lowest BCUT2D eigenvalue weighted by Gasteiger charge is -2.22. The van der Waals surface area contributed by atoms with Gasteiger partial charge in [0.25, 0.3) is 0 Å². The van der Waals surface area contributed by atoms with E-state index in [-0.39, 0.29) is 12.2 Å². The normalized spacial score (nSPS) is 12.5. The predicted octanol–water partition coefficient (Wildman–Crippen LogP) is 5.82. The maximum Gasteiger partial charge on any atom is 0.511 e. The summed E-state index contributed by atoms with van der Waals surface area (Å²) < 4.78 is 37.8. The third-order valence-electron chi connectivity index (χ3n) is 5.06. The molecule has 0 aromatic heterocycles. The molecule has 0 aliphatic carbocycles. The summed E-state index contributed by atoms with van der Waals surface area (Å²) in [6, 6.07) is 13.8. The van der Waals surface area contributed by atoms with Crippen LogP contribution in [0.2, 0.25) is 5.02 Å². The molecule has 0 atom stereocenters. The van der Waals surface area contributed by atoms with Gasteiger partial charge in [-0.25, -0.2) is 13.6 Å². The van der Waals surface area contributed by atoms with Crippen LogP contribution in [0.5, 0.6) is 11.5 Å². The molecule has 0 saturated heterocycles. The largest absolute Gasteiger partial charge is 0.511 e. The zero-order valence-corrected chi connectivity index (χ0v) is 17.0. The summed E-state index contributed by atoms with van der Waals surface area (Å²) in [5.74, 6) is -0.469. The van der Waals surface area contributed by atoms with Crippen LogP contribution in [0.4, 0.5) is 19.3 Å². The maximum atomic E-state index is 13.9. The molecule has 4 rings (SSSR count). The smallest absolute Gasteiger partial charge is 0.488 e. The summed E-state index contributed by atoms with van der Waals surface area (Å²) in [6.45, 7) is 1.05. The van der Waals surface area contributed by atoms with E-state index in [4.69, 9.17) is 26.2 Å². The quantitative estimate of drug-likeness (QED) is 0.383. The second-order valence-electron chi connectivity index (χ2n) is 7.07. The lowest BCUT2D eigenvalue weighted by Crippen LogP contribution is -2.20. The van der Waals surface area contributed by atoms with Gasteiger partial charge in [-0.2, -0.15) is 0 Å². The summed E-state index contributed by atoms with van der Waals surface area (Å²) in [6.07, 6.45) is -0.721. The zero-order chi connectivity index (χ0) is 22.0. The number of anilines is 1. The number of halogens is 3. The number of hydrogen-bond acceptors (Lipinski definition) is 4. The first-order valence-corrected chi connectivity index (χ1v) is 9.91. The summed E-state index contributed by atoms with van der Waals surface area (Å²) in [7, 11) is 0. The van der Waals surface area contributed by atoms with Crippen molar-refractivity contribution in [2.45, 2.75) is 19.6 Å². The van der Waals surface area contributed by atoms with Crippen molar-refractivity contribution in [3.05, 3.63) is 87.9 Å². The number of rotatable bonds is 6. The molecule has 160 valence electrons. The molecule has 3 aromatic rings. The molecule has 0 saturated carbocycles. The van der Waals surface area contributed by atoms with E-state index < -0.39 is 17.8 Å². The Morgan fingerprint density at radius 1 is 1.06 bits per heavy atom. The second kappa shape index (κ2) is 8.81. The number of hydrogen-bond donors (Lipinski definition) is 1. The third kappa shape index (κ3) is 4.72. The molecule has 5 nitrogen and oxygen atoms in total. The van der Waals surface area contributed by atoms with Gasteiger partial charge in [-0.05, 0) is 48.9 Å². The van der Waals surface area contributed by atoms with Gasteiger partial charge >= 0.3 is 6.16 Å². The standard InChI is InChI=1S/C23H18ClF2NO4/c24-16-5-7-21(30-13-14-4-6-17(25)11-19(14)26)15(10-16)12-27-9-8-18-20(27)2-1-3-22(18)31-23(28)29/h1-7,10-11H,8-9,12-13H2,(H,28,29). The van der Waals surface area contributed by atoms with Crippen LogP contribution >= 0.6 is 11.6 Å². The molecule has 1 aliphatic rings. The predicted molar refractivity (Wildman–Crippen MR) is 112 cm³/mol. The number of fused-ring (bicyclic) bond motifs is 1. The van der Waals surface area contributed by atoms with Crippen molar-refractivity contribution in [2.24, 2.45) is 0 Å². The average molecular weight is 446 g/mol. The van der Waals surface area contributed by atoms with E-state index in [9.17, 15) is 13.6 Å². The highest BCUT2D eigenvalue weighted by atomic mass is 35.5. The summed E-state index contributed by atoms with van der Waals surface area (Å²) in [5, 5.41) is 9.47. The topological polar surface area (TPSA) is 59.0 Å². The Kier molecular flexibility index (Phi) is 5.95. The number of ether oxygens (including phenoxy) is 2. The van der Waals surface area contributed by atoms with Gasteiger partial charge in [0.1, 0.15) is 29.7 Å². The molecule has 1 N–H and O–H groups in total. The van der Waals surface area contributed by atoms with Crippen molar-refractivity contribution in [2.75, 3.05) is 11.4 Å². The SMILES string of the molecule is O=C(O)Oc1cccc2c1CCN2Cc1cc(Cl)ccc1OCc1ccc(F)cc1F. The lowest BCUT2D eigenvalue weighted by atomic mass is 10.1. The van der Waals surface area contributed by atoms with Crippen LogP contribution in [-0.2, 0) is 19.6 Å². The Morgan fingerprint density at radius 3 is 2.68 bits per heavy atom. The summed E-state index contributed by atoms with van der Waals surface area (Å²) >= 11 is 6.18. The van der Waals surface area contributed by atoms with Gasteiger partial charge in [0.05, 0.1) is 0 Å². The first-order valence-electron chi connectivity index (χ1n) is 9.53. The van der Waals surface area contributed by atoms with Crippen molar-refractivity contribution in [3.8, 4) is 11.5 Å². The van der Waals surface area contributed by atoms with E-state index >= 15 is 0 Å². The molecular formula is C23H18ClF2NO4. The highest BCUT2D eigenvalue weighted by molar-refractivity contribution is 6.30. The maximum absolute atomic E-state index is 13.9. The van der Waals surface area contributed by atoms with Crippen molar-refractivity contribution in [3.63, 3.8) is 0 Å². The van der Waals surface area contributed by atoms with E-state index in [1.807, 2.05) is 6.07 Å². The van der Waals surface area contributed by atoms with Crippen LogP contribution in [0.25, 0.3) is 0 Å². The monoisotopic (exact) mass is 445 g/mol. The van der Waals surface area contributed by atoms with Crippen molar-refractivity contribution < 1.29 is 28.2 Å². The molecule has 0 spiro atoms. The minimum absolute atomic E-state index is 0.0616.